The van der Waals surface area contributed by atoms with Crippen LogP contribution in [0.15, 0.2) is 24.3 Å². The summed E-state index contributed by atoms with van der Waals surface area (Å²) in [6.45, 7) is 4.61. The summed E-state index contributed by atoms with van der Waals surface area (Å²) in [4.78, 5) is 36.1. The first-order chi connectivity index (χ1) is 15.0. The molecule has 0 unspecified atom stereocenters. The molecule has 31 heavy (non-hydrogen) atoms. The molecule has 4 rings (SSSR count). The standard InChI is InChI=1S/C23H30N4O3S/c1-4-5-11-27-20(28)13-17(21(27)15-6-8-16(30-3)9-7-15)22(29)25-23-24-18-10-12-26(2)14-19(18)31-23/h6-9,17,21H,4-5,10-14H2,1-3H3,(H,24,25,29)/t17-,21+/m1/s1. The van der Waals surface area contributed by atoms with Crippen molar-refractivity contribution in [1.29, 1.82) is 0 Å². The molecule has 0 radical (unpaired) electrons. The minimum atomic E-state index is -0.443. The molecule has 0 spiro atoms. The quantitative estimate of drug-likeness (QED) is 0.711. The zero-order valence-corrected chi connectivity index (χ0v) is 19.2. The molecule has 1 N–H and O–H groups in total. The number of nitrogens with zero attached hydrogens (tertiary/aromatic N) is 3. The van der Waals surface area contributed by atoms with Crippen molar-refractivity contribution >= 4 is 28.3 Å². The van der Waals surface area contributed by atoms with Crippen LogP contribution in [-0.2, 0) is 22.6 Å². The summed E-state index contributed by atoms with van der Waals surface area (Å²) < 4.78 is 5.28. The predicted octanol–water partition coefficient (Wildman–Crippen LogP) is 3.47. The lowest BCUT2D eigenvalue weighted by Gasteiger charge is -2.28. The van der Waals surface area contributed by atoms with E-state index < -0.39 is 5.92 Å². The van der Waals surface area contributed by atoms with Gasteiger partial charge in [0, 0.05) is 37.4 Å². The monoisotopic (exact) mass is 442 g/mol. The maximum Gasteiger partial charge on any atom is 0.232 e. The highest BCUT2D eigenvalue weighted by Gasteiger charge is 2.44. The van der Waals surface area contributed by atoms with Gasteiger partial charge in [-0.1, -0.05) is 25.5 Å². The van der Waals surface area contributed by atoms with Crippen molar-refractivity contribution in [2.45, 2.75) is 45.2 Å². The maximum absolute atomic E-state index is 13.3. The highest BCUT2D eigenvalue weighted by Crippen LogP contribution is 2.40. The number of likely N-dealkylation sites (N-methyl/N-ethyl adjacent to an activating group) is 1. The molecule has 0 bridgehead atoms. The highest BCUT2D eigenvalue weighted by molar-refractivity contribution is 7.15. The Bertz CT molecular complexity index is 943. The van der Waals surface area contributed by atoms with E-state index in [0.717, 1.165) is 49.4 Å². The summed E-state index contributed by atoms with van der Waals surface area (Å²) in [6, 6.07) is 7.41. The fourth-order valence-electron chi connectivity index (χ4n) is 4.41. The van der Waals surface area contributed by atoms with Crippen LogP contribution in [0.4, 0.5) is 5.13 Å². The number of rotatable bonds is 7. The van der Waals surface area contributed by atoms with Crippen LogP contribution >= 0.6 is 11.3 Å². The zero-order chi connectivity index (χ0) is 22.0. The van der Waals surface area contributed by atoms with Crippen molar-refractivity contribution in [2.75, 3.05) is 32.6 Å². The maximum atomic E-state index is 13.3. The number of thiazole rings is 1. The molecule has 2 atom stereocenters. The Labute approximate surface area is 187 Å². The first-order valence-corrected chi connectivity index (χ1v) is 11.7. The van der Waals surface area contributed by atoms with Crippen molar-refractivity contribution in [2.24, 2.45) is 5.92 Å². The number of hydrogen-bond donors (Lipinski definition) is 1. The molecule has 2 aromatic rings. The Morgan fingerprint density at radius 2 is 2.10 bits per heavy atom. The fourth-order valence-corrected chi connectivity index (χ4v) is 5.50. The molecule has 1 saturated heterocycles. The number of amides is 2. The number of methoxy groups -OCH3 is 1. The third kappa shape index (κ3) is 4.60. The average molecular weight is 443 g/mol. The van der Waals surface area contributed by atoms with E-state index in [1.165, 1.54) is 4.88 Å². The molecular formula is C23H30N4O3S. The van der Waals surface area contributed by atoms with Crippen LogP contribution in [0.3, 0.4) is 0 Å². The number of carbonyl (C=O) groups excluding carboxylic acids is 2. The van der Waals surface area contributed by atoms with Crippen LogP contribution in [0, 0.1) is 5.92 Å². The lowest BCUT2D eigenvalue weighted by atomic mass is 9.92. The normalized spacial score (nSPS) is 21.3. The number of nitrogens with one attached hydrogen (secondary N) is 1. The Morgan fingerprint density at radius 3 is 2.81 bits per heavy atom. The SMILES string of the molecule is CCCCN1C(=O)C[C@@H](C(=O)Nc2nc3c(s2)CN(C)CC3)[C@@H]1c1ccc(OC)cc1. The van der Waals surface area contributed by atoms with Gasteiger partial charge in [0.15, 0.2) is 5.13 Å². The fraction of sp³-hybridized carbons (Fsp3) is 0.522. The lowest BCUT2D eigenvalue weighted by Crippen LogP contribution is -2.33. The van der Waals surface area contributed by atoms with E-state index in [0.29, 0.717) is 11.7 Å². The van der Waals surface area contributed by atoms with Gasteiger partial charge in [0.1, 0.15) is 5.75 Å². The van der Waals surface area contributed by atoms with Gasteiger partial charge < -0.3 is 19.9 Å². The molecule has 166 valence electrons. The van der Waals surface area contributed by atoms with Crippen molar-refractivity contribution in [3.05, 3.63) is 40.4 Å². The third-order valence-electron chi connectivity index (χ3n) is 6.13. The van der Waals surface area contributed by atoms with E-state index >= 15 is 0 Å². The van der Waals surface area contributed by atoms with Gasteiger partial charge in [0.2, 0.25) is 11.8 Å². The number of ether oxygens (including phenoxy) is 1. The van der Waals surface area contributed by atoms with E-state index in [1.54, 1.807) is 18.4 Å². The molecule has 3 heterocycles. The number of carbonyl (C=O) groups is 2. The Kier molecular flexibility index (Phi) is 6.57. The minimum Gasteiger partial charge on any atom is -0.497 e. The van der Waals surface area contributed by atoms with Gasteiger partial charge in [-0.15, -0.1) is 11.3 Å². The number of benzene rings is 1. The second-order valence-corrected chi connectivity index (χ2v) is 9.42. The molecular weight excluding hydrogens is 412 g/mol. The van der Waals surface area contributed by atoms with E-state index in [1.807, 2.05) is 29.2 Å². The van der Waals surface area contributed by atoms with Crippen LogP contribution in [0.5, 0.6) is 5.75 Å². The first-order valence-electron chi connectivity index (χ1n) is 10.9. The Balaban J connectivity index is 1.56. The molecule has 2 aliphatic heterocycles. The second-order valence-electron chi connectivity index (χ2n) is 8.34. The van der Waals surface area contributed by atoms with Gasteiger partial charge >= 0.3 is 0 Å². The van der Waals surface area contributed by atoms with Crippen LogP contribution < -0.4 is 10.1 Å². The Morgan fingerprint density at radius 1 is 1.32 bits per heavy atom. The molecule has 1 fully saturated rings. The second kappa shape index (κ2) is 9.36. The number of likely N-dealkylation sites (tertiary alicyclic amines) is 1. The zero-order valence-electron chi connectivity index (χ0n) is 18.4. The van der Waals surface area contributed by atoms with Crippen LogP contribution in [0.1, 0.15) is 48.4 Å². The van der Waals surface area contributed by atoms with Gasteiger partial charge in [-0.25, -0.2) is 4.98 Å². The van der Waals surface area contributed by atoms with Crippen LogP contribution in [0.25, 0.3) is 0 Å². The Hall–Kier alpha value is -2.45. The van der Waals surface area contributed by atoms with Gasteiger partial charge in [-0.3, -0.25) is 9.59 Å². The van der Waals surface area contributed by atoms with Gasteiger partial charge in [0.25, 0.3) is 0 Å². The van der Waals surface area contributed by atoms with Gasteiger partial charge in [-0.05, 0) is 31.2 Å². The molecule has 8 heteroatoms. The summed E-state index contributed by atoms with van der Waals surface area (Å²) in [7, 11) is 3.72. The smallest absolute Gasteiger partial charge is 0.232 e. The van der Waals surface area contributed by atoms with E-state index in [2.05, 4.69) is 29.2 Å². The van der Waals surface area contributed by atoms with Gasteiger partial charge in [-0.2, -0.15) is 0 Å². The van der Waals surface area contributed by atoms with Crippen molar-refractivity contribution < 1.29 is 14.3 Å². The number of hydrogen-bond acceptors (Lipinski definition) is 6. The van der Waals surface area contributed by atoms with Crippen molar-refractivity contribution in [1.82, 2.24) is 14.8 Å². The molecule has 0 saturated carbocycles. The molecule has 7 nitrogen and oxygen atoms in total. The summed E-state index contributed by atoms with van der Waals surface area (Å²) in [5.74, 6) is 0.218. The molecule has 2 aliphatic rings. The highest BCUT2D eigenvalue weighted by atomic mass is 32.1. The minimum absolute atomic E-state index is 0.0366. The van der Waals surface area contributed by atoms with E-state index in [4.69, 9.17) is 4.74 Å². The molecule has 1 aromatic carbocycles. The van der Waals surface area contributed by atoms with Crippen LogP contribution in [0.2, 0.25) is 0 Å². The van der Waals surface area contributed by atoms with E-state index in [9.17, 15) is 9.59 Å². The number of anilines is 1. The number of unbranched alkanes of at least 4 members (excludes halogenated alkanes) is 1. The first kappa shape index (κ1) is 21.8. The largest absolute Gasteiger partial charge is 0.497 e. The van der Waals surface area contributed by atoms with Gasteiger partial charge in [0.05, 0.1) is 24.8 Å². The van der Waals surface area contributed by atoms with Crippen molar-refractivity contribution in [3.63, 3.8) is 0 Å². The summed E-state index contributed by atoms with van der Waals surface area (Å²) in [6.07, 6.45) is 3.04. The molecule has 2 amide bonds. The predicted molar refractivity (Wildman–Crippen MR) is 121 cm³/mol. The third-order valence-corrected chi connectivity index (χ3v) is 7.13. The molecule has 0 aliphatic carbocycles. The summed E-state index contributed by atoms with van der Waals surface area (Å²) in [5, 5.41) is 3.66. The van der Waals surface area contributed by atoms with Crippen LogP contribution in [-0.4, -0.2) is 53.8 Å². The summed E-state index contributed by atoms with van der Waals surface area (Å²) >= 11 is 1.54. The molecule has 1 aromatic heterocycles. The number of fused-ring (bicyclic) bond motifs is 1. The number of aromatic nitrogens is 1. The average Bonchev–Trinajstić information content (AvgIpc) is 3.31. The van der Waals surface area contributed by atoms with E-state index in [-0.39, 0.29) is 24.3 Å². The lowest BCUT2D eigenvalue weighted by molar-refractivity contribution is -0.129. The van der Waals surface area contributed by atoms with Crippen molar-refractivity contribution in [3.8, 4) is 5.75 Å². The summed E-state index contributed by atoms with van der Waals surface area (Å²) in [5.41, 5.74) is 2.04. The topological polar surface area (TPSA) is 74.8 Å².